The maximum atomic E-state index is 8.06. The largest absolute Gasteiger partial charge is 0.394 e. The SMILES string of the molecule is CC(C)O.N.N#CS. The number of nitriles is 1. The van der Waals surface area contributed by atoms with Crippen LogP contribution < -0.4 is 6.15 Å². The van der Waals surface area contributed by atoms with Crippen LogP contribution in [0.25, 0.3) is 0 Å². The van der Waals surface area contributed by atoms with Crippen molar-refractivity contribution < 1.29 is 5.11 Å². The topological polar surface area (TPSA) is 79.0 Å². The maximum Gasteiger partial charge on any atom is 0.130 e. The van der Waals surface area contributed by atoms with Crippen molar-refractivity contribution in [2.45, 2.75) is 20.0 Å². The molecule has 50 valence electrons. The molecule has 0 saturated heterocycles. The van der Waals surface area contributed by atoms with Crippen LogP contribution in [0.2, 0.25) is 0 Å². The highest BCUT2D eigenvalue weighted by Gasteiger charge is 1.69. The summed E-state index contributed by atoms with van der Waals surface area (Å²) in [5, 5.41) is 16.7. The van der Waals surface area contributed by atoms with Crippen LogP contribution in [0.5, 0.6) is 0 Å². The second-order valence-corrected chi connectivity index (χ2v) is 1.39. The van der Waals surface area contributed by atoms with Gasteiger partial charge in [-0.1, -0.05) is 12.6 Å². The third-order valence-corrected chi connectivity index (χ3v) is 0. The zero-order valence-electron chi connectivity index (χ0n) is 5.13. The molecule has 4 heteroatoms. The molecule has 0 heterocycles. The second-order valence-electron chi connectivity index (χ2n) is 1.19. The van der Waals surface area contributed by atoms with Gasteiger partial charge in [0.1, 0.15) is 5.40 Å². The predicted octanol–water partition coefficient (Wildman–Crippen LogP) is 0.946. The van der Waals surface area contributed by atoms with Gasteiger partial charge in [-0.05, 0) is 13.8 Å². The molecule has 0 saturated carbocycles. The Morgan fingerprint density at radius 2 is 1.62 bits per heavy atom. The third kappa shape index (κ3) is 2270. The van der Waals surface area contributed by atoms with E-state index in [4.69, 9.17) is 10.4 Å². The van der Waals surface area contributed by atoms with Crippen LogP contribution in [0.3, 0.4) is 0 Å². The maximum absolute atomic E-state index is 8.06. The minimum absolute atomic E-state index is 0. The van der Waals surface area contributed by atoms with Gasteiger partial charge in [0.2, 0.25) is 0 Å². The van der Waals surface area contributed by atoms with E-state index in [1.807, 2.05) is 0 Å². The molecule has 0 aliphatic heterocycles. The number of thiocyanates is 1. The quantitative estimate of drug-likeness (QED) is 0.342. The molecule has 0 amide bonds. The van der Waals surface area contributed by atoms with Crippen molar-refractivity contribution in [1.29, 1.82) is 5.26 Å². The Morgan fingerprint density at radius 3 is 1.62 bits per heavy atom. The Morgan fingerprint density at radius 1 is 1.62 bits per heavy atom. The fourth-order valence-corrected chi connectivity index (χ4v) is 0. The first-order chi connectivity index (χ1) is 3.15. The molecule has 0 aromatic heterocycles. The smallest absolute Gasteiger partial charge is 0.130 e. The Balaban J connectivity index is -0.0000000575. The van der Waals surface area contributed by atoms with Crippen molar-refractivity contribution in [2.24, 2.45) is 0 Å². The molecule has 0 radical (unpaired) electrons. The second kappa shape index (κ2) is 15.9. The van der Waals surface area contributed by atoms with E-state index >= 15 is 0 Å². The lowest BCUT2D eigenvalue weighted by Crippen LogP contribution is -1.85. The number of hydrogen-bond acceptors (Lipinski definition) is 4. The molecule has 4 N–H and O–H groups in total. The predicted molar refractivity (Wildman–Crippen MR) is 37.0 cm³/mol. The van der Waals surface area contributed by atoms with Gasteiger partial charge >= 0.3 is 0 Å². The molecule has 0 aliphatic carbocycles. The highest BCUT2D eigenvalue weighted by atomic mass is 32.1. The van der Waals surface area contributed by atoms with E-state index in [0.29, 0.717) is 0 Å². The highest BCUT2D eigenvalue weighted by Crippen LogP contribution is 1.65. The molecule has 0 spiro atoms. The van der Waals surface area contributed by atoms with Crippen molar-refractivity contribution >= 4 is 12.6 Å². The summed E-state index contributed by atoms with van der Waals surface area (Å²) in [5.74, 6) is 0. The zero-order valence-corrected chi connectivity index (χ0v) is 6.02. The van der Waals surface area contributed by atoms with Crippen molar-refractivity contribution in [1.82, 2.24) is 6.15 Å². The average Bonchev–Trinajstić information content (AvgIpc) is 1.33. The number of aliphatic hydroxyl groups excluding tert-OH is 1. The molecule has 0 bridgehead atoms. The number of aliphatic hydroxyl groups is 1. The number of rotatable bonds is 0. The van der Waals surface area contributed by atoms with Crippen molar-refractivity contribution in [3.05, 3.63) is 0 Å². The summed E-state index contributed by atoms with van der Waals surface area (Å²) < 4.78 is 0. The van der Waals surface area contributed by atoms with Crippen LogP contribution in [-0.2, 0) is 0 Å². The lowest BCUT2D eigenvalue weighted by molar-refractivity contribution is 0.216. The van der Waals surface area contributed by atoms with Crippen LogP contribution in [0, 0.1) is 10.7 Å². The fourth-order valence-electron chi connectivity index (χ4n) is 0. The minimum atomic E-state index is -0.167. The Kier molecular flexibility index (Phi) is 31.0. The van der Waals surface area contributed by atoms with Crippen LogP contribution in [0.4, 0.5) is 0 Å². The Labute approximate surface area is 55.3 Å². The normalized spacial score (nSPS) is 5.50. The summed E-state index contributed by atoms with van der Waals surface area (Å²) in [4.78, 5) is 0. The number of thiol groups is 1. The van der Waals surface area contributed by atoms with Crippen LogP contribution in [-0.4, -0.2) is 11.2 Å². The lowest BCUT2D eigenvalue weighted by atomic mass is 10.5. The molecular weight excluding hydrogens is 124 g/mol. The summed E-state index contributed by atoms with van der Waals surface area (Å²) in [6.45, 7) is 3.44. The fraction of sp³-hybridized carbons (Fsp3) is 0.750. The van der Waals surface area contributed by atoms with E-state index in [2.05, 4.69) is 12.6 Å². The standard InChI is InChI=1S/C3H8O.CHNS.H3N/c1-3(2)4;2-1-3;/h3-4H,1-2H3;3H;1H3. The van der Waals surface area contributed by atoms with E-state index in [9.17, 15) is 0 Å². The molecule has 0 atom stereocenters. The van der Waals surface area contributed by atoms with E-state index in [0.717, 1.165) is 0 Å². The lowest BCUT2D eigenvalue weighted by Gasteiger charge is -1.80. The Hall–Kier alpha value is -0.240. The first-order valence-corrected chi connectivity index (χ1v) is 2.31. The number of nitrogens with zero attached hydrogens (tertiary/aromatic N) is 1. The zero-order chi connectivity index (χ0) is 6.28. The Bertz CT molecular complexity index is 56.8. The summed E-state index contributed by atoms with van der Waals surface area (Å²) in [5.41, 5.74) is 0. The van der Waals surface area contributed by atoms with Gasteiger partial charge < -0.3 is 11.3 Å². The van der Waals surface area contributed by atoms with E-state index in [1.165, 1.54) is 5.40 Å². The molecule has 0 aliphatic rings. The molecule has 0 aromatic rings. The summed E-state index contributed by atoms with van der Waals surface area (Å²) in [7, 11) is 0. The summed E-state index contributed by atoms with van der Waals surface area (Å²) in [6.07, 6.45) is -0.167. The first-order valence-electron chi connectivity index (χ1n) is 1.86. The molecule has 8 heavy (non-hydrogen) atoms. The minimum Gasteiger partial charge on any atom is -0.394 e. The average molecular weight is 136 g/mol. The highest BCUT2D eigenvalue weighted by molar-refractivity contribution is 7.85. The van der Waals surface area contributed by atoms with Gasteiger partial charge in [-0.2, -0.15) is 5.26 Å². The van der Waals surface area contributed by atoms with Crippen molar-refractivity contribution in [3.8, 4) is 5.40 Å². The molecular formula is C4H12N2OS. The molecule has 0 rings (SSSR count). The van der Waals surface area contributed by atoms with Gasteiger partial charge in [0, 0.05) is 6.10 Å². The van der Waals surface area contributed by atoms with Crippen molar-refractivity contribution in [3.63, 3.8) is 0 Å². The van der Waals surface area contributed by atoms with E-state index < -0.39 is 0 Å². The summed E-state index contributed by atoms with van der Waals surface area (Å²) in [6, 6.07) is 0. The van der Waals surface area contributed by atoms with Crippen LogP contribution in [0.1, 0.15) is 13.8 Å². The van der Waals surface area contributed by atoms with Crippen LogP contribution >= 0.6 is 12.6 Å². The van der Waals surface area contributed by atoms with E-state index in [1.54, 1.807) is 13.8 Å². The van der Waals surface area contributed by atoms with Crippen molar-refractivity contribution in [2.75, 3.05) is 0 Å². The monoisotopic (exact) mass is 136 g/mol. The molecule has 0 aromatic carbocycles. The molecule has 0 fully saturated rings. The molecule has 0 unspecified atom stereocenters. The summed E-state index contributed by atoms with van der Waals surface area (Å²) >= 11 is 3.09. The third-order valence-electron chi connectivity index (χ3n) is 0. The van der Waals surface area contributed by atoms with E-state index in [-0.39, 0.29) is 12.3 Å². The van der Waals surface area contributed by atoms with Gasteiger partial charge in [0.05, 0.1) is 0 Å². The van der Waals surface area contributed by atoms with Gasteiger partial charge in [-0.15, -0.1) is 0 Å². The van der Waals surface area contributed by atoms with Gasteiger partial charge in [0.25, 0.3) is 0 Å². The number of hydrogen-bond donors (Lipinski definition) is 3. The van der Waals surface area contributed by atoms with Gasteiger partial charge in [-0.25, -0.2) is 0 Å². The molecule has 3 nitrogen and oxygen atoms in total. The van der Waals surface area contributed by atoms with Crippen LogP contribution in [0.15, 0.2) is 0 Å². The first kappa shape index (κ1) is 15.7. The van der Waals surface area contributed by atoms with Gasteiger partial charge in [-0.3, -0.25) is 0 Å². The van der Waals surface area contributed by atoms with Gasteiger partial charge in [0.15, 0.2) is 0 Å².